The normalized spacial score (nSPS) is 16.5. The van der Waals surface area contributed by atoms with E-state index in [1.54, 1.807) is 7.05 Å². The average molecular weight is 395 g/mol. The molecule has 154 valence electrons. The molecule has 4 N–H and O–H groups in total. The van der Waals surface area contributed by atoms with Crippen LogP contribution in [0.5, 0.6) is 0 Å². The number of hydrogen-bond acceptors (Lipinski definition) is 7. The first-order valence-corrected chi connectivity index (χ1v) is 8.72. The van der Waals surface area contributed by atoms with Gasteiger partial charge in [-0.05, 0) is 20.3 Å². The number of hydrogen-bond donors (Lipinski definition) is 3. The number of rotatable bonds is 6. The monoisotopic (exact) mass is 395 g/mol. The molecular formula is C16H25N7O5. The summed E-state index contributed by atoms with van der Waals surface area (Å²) in [6.45, 7) is 2.49. The van der Waals surface area contributed by atoms with Crippen molar-refractivity contribution >= 4 is 23.6 Å². The van der Waals surface area contributed by atoms with E-state index in [2.05, 4.69) is 15.4 Å². The van der Waals surface area contributed by atoms with Crippen LogP contribution in [0.1, 0.15) is 37.3 Å². The van der Waals surface area contributed by atoms with E-state index in [0.717, 1.165) is 0 Å². The van der Waals surface area contributed by atoms with Crippen molar-refractivity contribution in [2.75, 3.05) is 19.8 Å². The third-order valence-corrected chi connectivity index (χ3v) is 4.33. The number of nitrogens with zero attached hydrogens (tertiary/aromatic N) is 5. The van der Waals surface area contributed by atoms with E-state index < -0.39 is 29.4 Å². The number of carbonyl (C=O) groups excluding carboxylic acids is 4. The molecule has 1 aliphatic heterocycles. The lowest BCUT2D eigenvalue weighted by molar-refractivity contribution is -0.138. The number of carbonyl (C=O) groups is 4. The molecule has 0 spiro atoms. The van der Waals surface area contributed by atoms with Gasteiger partial charge >= 0.3 is 0 Å². The fraction of sp³-hybridized carbons (Fsp3) is 0.625. The van der Waals surface area contributed by atoms with Crippen molar-refractivity contribution in [1.82, 2.24) is 29.9 Å². The lowest BCUT2D eigenvalue weighted by atomic mass is 9.98. The zero-order chi connectivity index (χ0) is 21.1. The Kier molecular flexibility index (Phi) is 6.33. The summed E-state index contributed by atoms with van der Waals surface area (Å²) in [6.07, 6.45) is 1.86. The summed E-state index contributed by atoms with van der Waals surface area (Å²) < 4.78 is 1.33. The van der Waals surface area contributed by atoms with Gasteiger partial charge in [0.05, 0.1) is 12.3 Å². The van der Waals surface area contributed by atoms with Gasteiger partial charge in [-0.3, -0.25) is 19.2 Å². The number of aliphatic hydroxyl groups is 1. The van der Waals surface area contributed by atoms with Crippen LogP contribution < -0.4 is 11.1 Å². The molecule has 0 saturated carbocycles. The molecule has 1 aromatic rings. The molecule has 2 heterocycles. The molecule has 4 amide bonds. The zero-order valence-corrected chi connectivity index (χ0v) is 16.1. The number of aryl methyl sites for hydroxylation is 1. The van der Waals surface area contributed by atoms with Gasteiger partial charge in [-0.2, -0.15) is 5.10 Å². The summed E-state index contributed by atoms with van der Waals surface area (Å²) in [7, 11) is 1.58. The van der Waals surface area contributed by atoms with Gasteiger partial charge in [0.15, 0.2) is 0 Å². The predicted octanol–water partition coefficient (Wildman–Crippen LogP) is -2.42. The van der Waals surface area contributed by atoms with Gasteiger partial charge in [-0.1, -0.05) is 0 Å². The van der Waals surface area contributed by atoms with Crippen molar-refractivity contribution in [2.45, 2.75) is 38.3 Å². The third kappa shape index (κ3) is 5.03. The lowest BCUT2D eigenvalue weighted by Gasteiger charge is -2.30. The van der Waals surface area contributed by atoms with Gasteiger partial charge in [-0.25, -0.2) is 9.67 Å². The lowest BCUT2D eigenvalue weighted by Crippen LogP contribution is -2.58. The van der Waals surface area contributed by atoms with Gasteiger partial charge in [0.25, 0.3) is 5.91 Å². The summed E-state index contributed by atoms with van der Waals surface area (Å²) in [5.74, 6) is -2.17. The van der Waals surface area contributed by atoms with E-state index in [4.69, 9.17) is 5.73 Å². The Labute approximate surface area is 161 Å². The summed E-state index contributed by atoms with van der Waals surface area (Å²) in [6, 6.07) is -1.32. The van der Waals surface area contributed by atoms with Crippen LogP contribution in [-0.2, 0) is 21.4 Å². The summed E-state index contributed by atoms with van der Waals surface area (Å²) >= 11 is 0. The molecule has 0 aliphatic carbocycles. The topological polar surface area (TPSA) is 164 Å². The van der Waals surface area contributed by atoms with Crippen molar-refractivity contribution in [3.8, 4) is 0 Å². The molecule has 1 unspecified atom stereocenters. The van der Waals surface area contributed by atoms with Crippen LogP contribution in [0.2, 0.25) is 0 Å². The fourth-order valence-corrected chi connectivity index (χ4v) is 2.85. The van der Waals surface area contributed by atoms with Crippen molar-refractivity contribution in [3.63, 3.8) is 0 Å². The molecule has 28 heavy (non-hydrogen) atoms. The van der Waals surface area contributed by atoms with Gasteiger partial charge in [0, 0.05) is 20.0 Å². The van der Waals surface area contributed by atoms with Crippen LogP contribution in [0.4, 0.5) is 0 Å². The van der Waals surface area contributed by atoms with E-state index in [1.165, 1.54) is 34.7 Å². The summed E-state index contributed by atoms with van der Waals surface area (Å²) in [4.78, 5) is 55.3. The molecule has 12 heteroatoms. The van der Waals surface area contributed by atoms with E-state index in [1.807, 2.05) is 0 Å². The van der Waals surface area contributed by atoms with Crippen LogP contribution in [-0.4, -0.2) is 84.7 Å². The van der Waals surface area contributed by atoms with E-state index >= 15 is 0 Å². The maximum Gasteiger partial charge on any atom is 0.292 e. The Balaban J connectivity index is 2.09. The van der Waals surface area contributed by atoms with Gasteiger partial charge in [0.1, 0.15) is 18.9 Å². The van der Waals surface area contributed by atoms with Crippen LogP contribution in [0, 0.1) is 0 Å². The molecule has 0 bridgehead atoms. The average Bonchev–Trinajstić information content (AvgIpc) is 2.93. The minimum absolute atomic E-state index is 0.109. The van der Waals surface area contributed by atoms with Gasteiger partial charge in [-0.15, -0.1) is 0 Å². The maximum absolute atomic E-state index is 12.6. The second-order valence-electron chi connectivity index (χ2n) is 7.17. The van der Waals surface area contributed by atoms with Crippen molar-refractivity contribution < 1.29 is 24.3 Å². The number of nitrogens with two attached hydrogens (primary N) is 1. The molecule has 0 aromatic carbocycles. The second kappa shape index (κ2) is 8.33. The smallest absolute Gasteiger partial charge is 0.292 e. The van der Waals surface area contributed by atoms with Gasteiger partial charge < -0.3 is 26.0 Å². The van der Waals surface area contributed by atoms with E-state index in [-0.39, 0.29) is 31.4 Å². The number of primary amides is 1. The quantitative estimate of drug-likeness (QED) is 0.482. The molecular weight excluding hydrogens is 370 g/mol. The van der Waals surface area contributed by atoms with Crippen LogP contribution in [0.3, 0.4) is 0 Å². The summed E-state index contributed by atoms with van der Waals surface area (Å²) in [5, 5.41) is 16.2. The van der Waals surface area contributed by atoms with Gasteiger partial charge in [0.2, 0.25) is 23.5 Å². The standard InChI is InChI=1S/C16H25N7O5/c1-16(2,28)12(13(17)26)20-10(24)7-23-9-22(6-4-5-11(23)25)15(27)14-18-8-19-21(14)3/h8,12,28H,4-7,9H2,1-3H3,(H2,17,26)(H,20,24). The first-order chi connectivity index (χ1) is 13.0. The van der Waals surface area contributed by atoms with Crippen LogP contribution in [0.25, 0.3) is 0 Å². The number of aromatic nitrogens is 3. The van der Waals surface area contributed by atoms with Crippen molar-refractivity contribution in [2.24, 2.45) is 12.8 Å². The highest BCUT2D eigenvalue weighted by atomic mass is 16.3. The fourth-order valence-electron chi connectivity index (χ4n) is 2.85. The molecule has 12 nitrogen and oxygen atoms in total. The largest absolute Gasteiger partial charge is 0.388 e. The second-order valence-corrected chi connectivity index (χ2v) is 7.17. The molecule has 1 fully saturated rings. The minimum Gasteiger partial charge on any atom is -0.388 e. The number of nitrogens with one attached hydrogen (secondary N) is 1. The molecule has 1 aliphatic rings. The zero-order valence-electron chi connectivity index (χ0n) is 16.1. The third-order valence-electron chi connectivity index (χ3n) is 4.33. The molecule has 1 atom stereocenters. The van der Waals surface area contributed by atoms with Crippen LogP contribution >= 0.6 is 0 Å². The predicted molar refractivity (Wildman–Crippen MR) is 95.3 cm³/mol. The number of amides is 4. The molecule has 1 saturated heterocycles. The SMILES string of the molecule is Cn1ncnc1C(=O)N1CCCC(=O)N(CC(=O)NC(C(N)=O)C(C)(C)O)C1. The Hall–Kier alpha value is -3.02. The Morgan fingerprint density at radius 3 is 2.61 bits per heavy atom. The Morgan fingerprint density at radius 2 is 2.07 bits per heavy atom. The first-order valence-electron chi connectivity index (χ1n) is 8.72. The maximum atomic E-state index is 12.6. The molecule has 2 rings (SSSR count). The minimum atomic E-state index is -1.57. The highest BCUT2D eigenvalue weighted by Crippen LogP contribution is 2.12. The van der Waals surface area contributed by atoms with E-state index in [9.17, 15) is 24.3 Å². The first kappa shape index (κ1) is 21.3. The molecule has 0 radical (unpaired) electrons. The molecule has 1 aromatic heterocycles. The highest BCUT2D eigenvalue weighted by molar-refractivity contribution is 5.92. The van der Waals surface area contributed by atoms with Crippen LogP contribution in [0.15, 0.2) is 6.33 Å². The Morgan fingerprint density at radius 1 is 1.39 bits per heavy atom. The Bertz CT molecular complexity index is 770. The van der Waals surface area contributed by atoms with Crippen molar-refractivity contribution in [3.05, 3.63) is 12.2 Å². The van der Waals surface area contributed by atoms with E-state index in [0.29, 0.717) is 13.0 Å². The van der Waals surface area contributed by atoms with Crippen molar-refractivity contribution in [1.29, 1.82) is 0 Å². The summed E-state index contributed by atoms with van der Waals surface area (Å²) in [5.41, 5.74) is 3.65. The highest BCUT2D eigenvalue weighted by Gasteiger charge is 2.34.